The topological polar surface area (TPSA) is 92.2 Å². The monoisotopic (exact) mass is 418 g/mol. The van der Waals surface area contributed by atoms with Crippen molar-refractivity contribution in [2.45, 2.75) is 32.1 Å². The standard InChI is InChI=1S/C20H26N6O2.ClH/c1-13-3-5-16(6-4-13)26-12-15(11-17(26)27)19(28)23-20-22-18(24-25(20)2)14-7-9-21-10-8-14;/h3-6,14-15,21H,7-12H2,1-2H3,(H,22,23,24,28);1H. The van der Waals surface area contributed by atoms with Crippen LogP contribution in [-0.2, 0) is 16.6 Å². The third-order valence-electron chi connectivity index (χ3n) is 5.56. The molecule has 29 heavy (non-hydrogen) atoms. The number of benzene rings is 1. The van der Waals surface area contributed by atoms with Crippen LogP contribution < -0.4 is 15.5 Å². The molecule has 1 atom stereocenters. The predicted octanol–water partition coefficient (Wildman–Crippen LogP) is 2.00. The Morgan fingerprint density at radius 2 is 1.90 bits per heavy atom. The Bertz CT molecular complexity index is 876. The number of carbonyl (C=O) groups excluding carboxylic acids is 2. The van der Waals surface area contributed by atoms with Crippen molar-refractivity contribution in [3.05, 3.63) is 35.7 Å². The Labute approximate surface area is 176 Å². The highest BCUT2D eigenvalue weighted by Crippen LogP contribution is 2.27. The lowest BCUT2D eigenvalue weighted by molar-refractivity contribution is -0.122. The van der Waals surface area contributed by atoms with Crippen molar-refractivity contribution < 1.29 is 9.59 Å². The van der Waals surface area contributed by atoms with E-state index in [1.165, 1.54) is 0 Å². The minimum absolute atomic E-state index is 0. The molecule has 2 saturated heterocycles. The van der Waals surface area contributed by atoms with Crippen LogP contribution in [0, 0.1) is 12.8 Å². The maximum atomic E-state index is 12.7. The smallest absolute Gasteiger partial charge is 0.232 e. The van der Waals surface area contributed by atoms with Gasteiger partial charge in [-0.05, 0) is 45.0 Å². The molecule has 0 spiro atoms. The second kappa shape index (κ2) is 8.92. The van der Waals surface area contributed by atoms with Crippen molar-refractivity contribution in [1.29, 1.82) is 0 Å². The summed E-state index contributed by atoms with van der Waals surface area (Å²) in [6.45, 7) is 4.31. The Hall–Kier alpha value is -2.45. The van der Waals surface area contributed by atoms with E-state index in [1.807, 2.05) is 31.2 Å². The molecular formula is C20H27ClN6O2. The fourth-order valence-corrected chi connectivity index (χ4v) is 3.84. The Morgan fingerprint density at radius 1 is 1.21 bits per heavy atom. The van der Waals surface area contributed by atoms with Gasteiger partial charge in [-0.15, -0.1) is 12.4 Å². The van der Waals surface area contributed by atoms with Crippen molar-refractivity contribution in [3.63, 3.8) is 0 Å². The Morgan fingerprint density at radius 3 is 2.59 bits per heavy atom. The van der Waals surface area contributed by atoms with Gasteiger partial charge in [0, 0.05) is 31.6 Å². The number of nitrogens with one attached hydrogen (secondary N) is 2. The fraction of sp³-hybridized carbons (Fsp3) is 0.500. The zero-order valence-corrected chi connectivity index (χ0v) is 17.5. The van der Waals surface area contributed by atoms with Crippen molar-refractivity contribution >= 4 is 35.9 Å². The maximum absolute atomic E-state index is 12.7. The molecule has 1 unspecified atom stereocenters. The number of anilines is 2. The van der Waals surface area contributed by atoms with E-state index in [9.17, 15) is 9.59 Å². The maximum Gasteiger partial charge on any atom is 0.232 e. The SMILES string of the molecule is Cc1ccc(N2CC(C(=O)Nc3nc(C4CCNCC4)nn3C)CC2=O)cc1.Cl. The second-order valence-corrected chi connectivity index (χ2v) is 7.67. The van der Waals surface area contributed by atoms with Gasteiger partial charge in [-0.3, -0.25) is 14.9 Å². The minimum Gasteiger partial charge on any atom is -0.317 e. The predicted molar refractivity (Wildman–Crippen MR) is 113 cm³/mol. The van der Waals surface area contributed by atoms with E-state index >= 15 is 0 Å². The van der Waals surface area contributed by atoms with Crippen LogP contribution in [0.3, 0.4) is 0 Å². The van der Waals surface area contributed by atoms with Crippen LogP contribution >= 0.6 is 12.4 Å². The molecule has 2 fully saturated rings. The minimum atomic E-state index is -0.396. The first-order chi connectivity index (χ1) is 13.5. The number of aryl methyl sites for hydroxylation is 2. The molecule has 2 amide bonds. The number of halogens is 1. The van der Waals surface area contributed by atoms with Gasteiger partial charge in [0.1, 0.15) is 0 Å². The van der Waals surface area contributed by atoms with E-state index in [0.29, 0.717) is 18.4 Å². The van der Waals surface area contributed by atoms with Crippen LogP contribution in [0.15, 0.2) is 24.3 Å². The summed E-state index contributed by atoms with van der Waals surface area (Å²) < 4.78 is 1.61. The molecule has 2 N–H and O–H groups in total. The largest absolute Gasteiger partial charge is 0.317 e. The normalized spacial score (nSPS) is 19.9. The van der Waals surface area contributed by atoms with Crippen molar-refractivity contribution in [1.82, 2.24) is 20.1 Å². The van der Waals surface area contributed by atoms with Gasteiger partial charge in [-0.2, -0.15) is 10.1 Å². The molecule has 2 aliphatic rings. The number of hydrogen-bond donors (Lipinski definition) is 2. The molecule has 2 aromatic rings. The van der Waals surface area contributed by atoms with Crippen molar-refractivity contribution in [2.75, 3.05) is 29.9 Å². The average Bonchev–Trinajstić information content (AvgIpc) is 3.26. The van der Waals surface area contributed by atoms with Crippen LogP contribution in [0.1, 0.15) is 36.6 Å². The third kappa shape index (κ3) is 4.59. The van der Waals surface area contributed by atoms with Crippen LogP contribution in [0.4, 0.5) is 11.6 Å². The molecular weight excluding hydrogens is 392 g/mol. The van der Waals surface area contributed by atoms with Crippen LogP contribution in [0.25, 0.3) is 0 Å². The van der Waals surface area contributed by atoms with Crippen LogP contribution in [0.2, 0.25) is 0 Å². The van der Waals surface area contributed by atoms with Gasteiger partial charge in [0.15, 0.2) is 5.82 Å². The zero-order valence-electron chi connectivity index (χ0n) is 16.7. The van der Waals surface area contributed by atoms with Gasteiger partial charge in [-0.1, -0.05) is 17.7 Å². The highest BCUT2D eigenvalue weighted by Gasteiger charge is 2.35. The zero-order chi connectivity index (χ0) is 19.7. The van der Waals surface area contributed by atoms with Gasteiger partial charge in [-0.25, -0.2) is 4.68 Å². The van der Waals surface area contributed by atoms with Gasteiger partial charge in [0.05, 0.1) is 5.92 Å². The lowest BCUT2D eigenvalue weighted by Gasteiger charge is -2.19. The lowest BCUT2D eigenvalue weighted by Crippen LogP contribution is -2.28. The first-order valence-electron chi connectivity index (χ1n) is 9.81. The number of hydrogen-bond acceptors (Lipinski definition) is 5. The molecule has 3 heterocycles. The van der Waals surface area contributed by atoms with E-state index < -0.39 is 5.92 Å². The van der Waals surface area contributed by atoms with E-state index in [1.54, 1.807) is 16.6 Å². The fourth-order valence-electron chi connectivity index (χ4n) is 3.84. The summed E-state index contributed by atoms with van der Waals surface area (Å²) in [6, 6.07) is 7.78. The number of nitrogens with zero attached hydrogens (tertiary/aromatic N) is 4. The molecule has 0 radical (unpaired) electrons. The summed E-state index contributed by atoms with van der Waals surface area (Å²) in [5.41, 5.74) is 1.97. The van der Waals surface area contributed by atoms with Crippen LogP contribution in [-0.4, -0.2) is 46.2 Å². The highest BCUT2D eigenvalue weighted by molar-refractivity contribution is 6.03. The summed E-state index contributed by atoms with van der Waals surface area (Å²) in [5.74, 6) is 0.937. The van der Waals surface area contributed by atoms with Gasteiger partial charge in [0.2, 0.25) is 17.8 Å². The number of carbonyl (C=O) groups is 2. The summed E-state index contributed by atoms with van der Waals surface area (Å²) in [5, 5.41) is 10.7. The summed E-state index contributed by atoms with van der Waals surface area (Å²) in [7, 11) is 1.78. The van der Waals surface area contributed by atoms with Gasteiger partial charge < -0.3 is 10.2 Å². The van der Waals surface area contributed by atoms with E-state index in [4.69, 9.17) is 0 Å². The molecule has 8 nitrogen and oxygen atoms in total. The summed E-state index contributed by atoms with van der Waals surface area (Å²) >= 11 is 0. The molecule has 9 heteroatoms. The Balaban J connectivity index is 0.00000240. The molecule has 4 rings (SSSR count). The van der Waals surface area contributed by atoms with Gasteiger partial charge in [0.25, 0.3) is 0 Å². The molecule has 1 aromatic heterocycles. The number of piperidine rings is 1. The van der Waals surface area contributed by atoms with Crippen molar-refractivity contribution in [2.24, 2.45) is 13.0 Å². The second-order valence-electron chi connectivity index (χ2n) is 7.67. The summed E-state index contributed by atoms with van der Waals surface area (Å²) in [6.07, 6.45) is 2.21. The average molecular weight is 419 g/mol. The lowest BCUT2D eigenvalue weighted by atomic mass is 9.98. The third-order valence-corrected chi connectivity index (χ3v) is 5.56. The molecule has 156 valence electrons. The van der Waals surface area contributed by atoms with Crippen molar-refractivity contribution in [3.8, 4) is 0 Å². The molecule has 1 aromatic carbocycles. The number of aromatic nitrogens is 3. The van der Waals surface area contributed by atoms with E-state index in [0.717, 1.165) is 43.0 Å². The first kappa shape index (κ1) is 21.3. The first-order valence-corrected chi connectivity index (χ1v) is 9.81. The quantitative estimate of drug-likeness (QED) is 0.792. The molecule has 0 aliphatic carbocycles. The van der Waals surface area contributed by atoms with Crippen LogP contribution in [0.5, 0.6) is 0 Å². The number of amides is 2. The Kier molecular flexibility index (Phi) is 6.54. The number of rotatable bonds is 4. The van der Waals surface area contributed by atoms with E-state index in [-0.39, 0.29) is 30.6 Å². The summed E-state index contributed by atoms with van der Waals surface area (Å²) in [4.78, 5) is 31.4. The van der Waals surface area contributed by atoms with Gasteiger partial charge >= 0.3 is 0 Å². The molecule has 2 aliphatic heterocycles. The highest BCUT2D eigenvalue weighted by atomic mass is 35.5. The van der Waals surface area contributed by atoms with E-state index in [2.05, 4.69) is 20.7 Å². The molecule has 0 bridgehead atoms. The molecule has 0 saturated carbocycles.